The minimum absolute atomic E-state index is 0.116. The van der Waals surface area contributed by atoms with Crippen LogP contribution in [0.1, 0.15) is 29.4 Å². The Morgan fingerprint density at radius 1 is 1.27 bits per heavy atom. The maximum atomic E-state index is 14.2. The molecular formula is C21H21ClF2N4O2. The van der Waals surface area contributed by atoms with Crippen LogP contribution in [-0.2, 0) is 11.2 Å². The van der Waals surface area contributed by atoms with Crippen LogP contribution in [0, 0.1) is 11.6 Å². The van der Waals surface area contributed by atoms with Crippen molar-refractivity contribution in [2.45, 2.75) is 25.8 Å². The van der Waals surface area contributed by atoms with Gasteiger partial charge in [-0.1, -0.05) is 24.6 Å². The first-order valence-electron chi connectivity index (χ1n) is 9.42. The molecule has 2 amide bonds. The molecule has 1 atom stereocenters. The zero-order chi connectivity index (χ0) is 21.8. The Labute approximate surface area is 177 Å². The van der Waals surface area contributed by atoms with E-state index in [1.165, 1.54) is 17.2 Å². The van der Waals surface area contributed by atoms with Gasteiger partial charge in [0.15, 0.2) is 0 Å². The molecule has 6 nitrogen and oxygen atoms in total. The van der Waals surface area contributed by atoms with Crippen LogP contribution in [0.3, 0.4) is 0 Å². The molecule has 0 aliphatic carbocycles. The van der Waals surface area contributed by atoms with E-state index in [-0.39, 0.29) is 23.6 Å². The Kier molecular flexibility index (Phi) is 6.66. The van der Waals surface area contributed by atoms with Crippen LogP contribution in [0.15, 0.2) is 36.5 Å². The number of pyridine rings is 1. The maximum absolute atomic E-state index is 14.2. The van der Waals surface area contributed by atoms with Crippen LogP contribution in [0.4, 0.5) is 8.78 Å². The predicted octanol–water partition coefficient (Wildman–Crippen LogP) is 3.70. The normalized spacial score (nSPS) is 12.0. The molecule has 30 heavy (non-hydrogen) atoms. The van der Waals surface area contributed by atoms with Crippen molar-refractivity contribution < 1.29 is 18.4 Å². The van der Waals surface area contributed by atoms with Crippen molar-refractivity contribution in [3.63, 3.8) is 0 Å². The second-order valence-corrected chi connectivity index (χ2v) is 7.44. The molecule has 1 aromatic carbocycles. The van der Waals surface area contributed by atoms with Crippen molar-refractivity contribution in [2.24, 2.45) is 0 Å². The van der Waals surface area contributed by atoms with Crippen molar-refractivity contribution in [3.8, 4) is 0 Å². The van der Waals surface area contributed by atoms with Gasteiger partial charge in [0, 0.05) is 37.7 Å². The molecule has 0 fully saturated rings. The van der Waals surface area contributed by atoms with E-state index in [4.69, 9.17) is 11.6 Å². The summed E-state index contributed by atoms with van der Waals surface area (Å²) in [6.45, 7) is 2.39. The van der Waals surface area contributed by atoms with Gasteiger partial charge in [0.05, 0.1) is 5.02 Å². The molecule has 158 valence electrons. The third-order valence-electron chi connectivity index (χ3n) is 4.66. The van der Waals surface area contributed by atoms with Crippen LogP contribution < -0.4 is 5.32 Å². The van der Waals surface area contributed by atoms with Crippen LogP contribution in [0.25, 0.3) is 11.0 Å². The molecule has 0 spiro atoms. The lowest BCUT2D eigenvalue weighted by molar-refractivity contribution is -0.131. The smallest absolute Gasteiger partial charge is 0.268 e. The van der Waals surface area contributed by atoms with Gasteiger partial charge in [0.25, 0.3) is 5.91 Å². The number of benzene rings is 1. The van der Waals surface area contributed by atoms with Crippen molar-refractivity contribution in [1.82, 2.24) is 20.2 Å². The van der Waals surface area contributed by atoms with Gasteiger partial charge in [-0.2, -0.15) is 0 Å². The highest BCUT2D eigenvalue weighted by Crippen LogP contribution is 2.18. The number of rotatable bonds is 7. The number of carbonyl (C=O) groups excluding carboxylic acids is 2. The second-order valence-electron chi connectivity index (χ2n) is 7.00. The number of carbonyl (C=O) groups is 2. The number of halogens is 3. The first-order chi connectivity index (χ1) is 14.3. The second kappa shape index (κ2) is 9.21. The summed E-state index contributed by atoms with van der Waals surface area (Å²) in [5.74, 6) is -2.40. The summed E-state index contributed by atoms with van der Waals surface area (Å²) in [6, 6.07) is 5.33. The van der Waals surface area contributed by atoms with Gasteiger partial charge in [-0.3, -0.25) is 9.59 Å². The Balaban J connectivity index is 1.86. The maximum Gasteiger partial charge on any atom is 0.268 e. The van der Waals surface area contributed by atoms with Crippen molar-refractivity contribution in [3.05, 3.63) is 64.4 Å². The topological polar surface area (TPSA) is 78.1 Å². The van der Waals surface area contributed by atoms with Crippen molar-refractivity contribution >= 4 is 34.4 Å². The monoisotopic (exact) mass is 434 g/mol. The number of H-pyrrole nitrogens is 1. The molecule has 0 aliphatic rings. The molecule has 0 saturated heterocycles. The van der Waals surface area contributed by atoms with Gasteiger partial charge in [0.2, 0.25) is 5.91 Å². The van der Waals surface area contributed by atoms with E-state index in [1.54, 1.807) is 19.2 Å². The highest BCUT2D eigenvalue weighted by Gasteiger charge is 2.26. The van der Waals surface area contributed by atoms with Gasteiger partial charge in [-0.05, 0) is 30.2 Å². The van der Waals surface area contributed by atoms with Crippen LogP contribution in [0.5, 0.6) is 0 Å². The van der Waals surface area contributed by atoms with Gasteiger partial charge < -0.3 is 15.2 Å². The average Bonchev–Trinajstić information content (AvgIpc) is 3.12. The molecule has 0 radical (unpaired) electrons. The van der Waals surface area contributed by atoms with Gasteiger partial charge >= 0.3 is 0 Å². The highest BCUT2D eigenvalue weighted by molar-refractivity contribution is 6.31. The Morgan fingerprint density at radius 3 is 2.73 bits per heavy atom. The van der Waals surface area contributed by atoms with E-state index >= 15 is 0 Å². The number of nitrogens with one attached hydrogen (secondary N) is 2. The SMILES string of the molecule is CCCN(C)C(=O)[C@H](Cc1ccc(F)cc1F)NC(=O)c1cc2cc(Cl)cnc2[nH]1. The molecule has 2 aromatic heterocycles. The number of likely N-dealkylation sites (N-methyl/N-ethyl adjacent to an activating group) is 1. The molecule has 2 N–H and O–H groups in total. The lowest BCUT2D eigenvalue weighted by atomic mass is 10.0. The largest absolute Gasteiger partial charge is 0.344 e. The standard InChI is InChI=1S/C21H21ClF2N4O2/c1-3-6-28(2)21(30)18(8-12-4-5-15(23)10-16(12)24)27-20(29)17-9-13-7-14(22)11-25-19(13)26-17/h4-5,7,9-11,18H,3,6,8H2,1-2H3,(H,25,26)(H,27,29)/t18-/m0/s1. The van der Waals surface area contributed by atoms with E-state index in [1.807, 2.05) is 6.92 Å². The summed E-state index contributed by atoms with van der Waals surface area (Å²) in [4.78, 5) is 34.1. The van der Waals surface area contributed by atoms with E-state index in [2.05, 4.69) is 15.3 Å². The summed E-state index contributed by atoms with van der Waals surface area (Å²) in [5.41, 5.74) is 0.792. The third-order valence-corrected chi connectivity index (χ3v) is 4.87. The average molecular weight is 435 g/mol. The van der Waals surface area contributed by atoms with Crippen LogP contribution in [-0.4, -0.2) is 46.3 Å². The number of hydrogen-bond donors (Lipinski definition) is 2. The predicted molar refractivity (Wildman–Crippen MR) is 110 cm³/mol. The Morgan fingerprint density at radius 2 is 2.03 bits per heavy atom. The zero-order valence-electron chi connectivity index (χ0n) is 16.5. The van der Waals surface area contributed by atoms with Crippen molar-refractivity contribution in [1.29, 1.82) is 0 Å². The van der Waals surface area contributed by atoms with Gasteiger partial charge in [0.1, 0.15) is 29.0 Å². The summed E-state index contributed by atoms with van der Waals surface area (Å²) < 4.78 is 27.4. The minimum atomic E-state index is -1.03. The number of amides is 2. The van der Waals surface area contributed by atoms with Crippen LogP contribution >= 0.6 is 11.6 Å². The fourth-order valence-corrected chi connectivity index (χ4v) is 3.33. The molecule has 0 aliphatic heterocycles. The molecule has 0 bridgehead atoms. The first kappa shape index (κ1) is 21.7. The van der Waals surface area contributed by atoms with E-state index in [0.717, 1.165) is 18.6 Å². The number of aromatic nitrogens is 2. The highest BCUT2D eigenvalue weighted by atomic mass is 35.5. The van der Waals surface area contributed by atoms with E-state index in [0.29, 0.717) is 22.6 Å². The number of hydrogen-bond acceptors (Lipinski definition) is 3. The first-order valence-corrected chi connectivity index (χ1v) is 9.80. The van der Waals surface area contributed by atoms with Crippen LogP contribution in [0.2, 0.25) is 5.02 Å². The van der Waals surface area contributed by atoms with Crippen molar-refractivity contribution in [2.75, 3.05) is 13.6 Å². The molecule has 2 heterocycles. The molecule has 3 rings (SSSR count). The quantitative estimate of drug-likeness (QED) is 0.595. The third kappa shape index (κ3) is 4.94. The molecular weight excluding hydrogens is 414 g/mol. The van der Waals surface area contributed by atoms with E-state index < -0.39 is 23.6 Å². The Bertz CT molecular complexity index is 1090. The number of aromatic amines is 1. The molecule has 3 aromatic rings. The number of fused-ring (bicyclic) bond motifs is 1. The number of nitrogens with zero attached hydrogens (tertiary/aromatic N) is 2. The lowest BCUT2D eigenvalue weighted by Crippen LogP contribution is -2.49. The Hall–Kier alpha value is -3.00. The summed E-state index contributed by atoms with van der Waals surface area (Å²) in [5, 5.41) is 3.72. The molecule has 0 unspecified atom stereocenters. The zero-order valence-corrected chi connectivity index (χ0v) is 17.3. The fourth-order valence-electron chi connectivity index (χ4n) is 3.17. The lowest BCUT2D eigenvalue weighted by Gasteiger charge is -2.24. The summed E-state index contributed by atoms with van der Waals surface area (Å²) >= 11 is 5.92. The molecule has 9 heteroatoms. The fraction of sp³-hybridized carbons (Fsp3) is 0.286. The van der Waals surface area contributed by atoms with Gasteiger partial charge in [-0.25, -0.2) is 13.8 Å². The molecule has 0 saturated carbocycles. The van der Waals surface area contributed by atoms with Gasteiger partial charge in [-0.15, -0.1) is 0 Å². The van der Waals surface area contributed by atoms with E-state index in [9.17, 15) is 18.4 Å². The summed E-state index contributed by atoms with van der Waals surface area (Å²) in [7, 11) is 1.61. The minimum Gasteiger partial charge on any atom is -0.344 e. The summed E-state index contributed by atoms with van der Waals surface area (Å²) in [6.07, 6.45) is 2.06.